The first-order chi connectivity index (χ1) is 12.3. The van der Waals surface area contributed by atoms with E-state index >= 15 is 0 Å². The zero-order valence-corrected chi connectivity index (χ0v) is 13.6. The predicted octanol–water partition coefficient (Wildman–Crippen LogP) is 2.78. The van der Waals surface area contributed by atoms with Crippen LogP contribution >= 0.6 is 11.3 Å². The second-order valence-corrected chi connectivity index (χ2v) is 6.42. The highest BCUT2D eigenvalue weighted by Crippen LogP contribution is 2.26. The molecule has 0 amide bonds. The molecule has 2 aromatic carbocycles. The summed E-state index contributed by atoms with van der Waals surface area (Å²) in [6, 6.07) is 14.1. The summed E-state index contributed by atoms with van der Waals surface area (Å²) in [5, 5.41) is 21.9. The summed E-state index contributed by atoms with van der Waals surface area (Å²) in [4.78, 5) is 0.652. The third-order valence-electron chi connectivity index (χ3n) is 3.84. The summed E-state index contributed by atoms with van der Waals surface area (Å²) in [6.45, 7) is 0.397. The maximum absolute atomic E-state index is 13.4. The standard InChI is InChI=1S/C16H10FN7S/c17-11-5-3-4-10(8-11)15-21-24-14(19-20-16(24)25-15)9-23-13-7-2-1-6-12(13)18-22-23/h1-8H,9H2. The van der Waals surface area contributed by atoms with Crippen molar-refractivity contribution in [3.63, 3.8) is 0 Å². The van der Waals surface area contributed by atoms with Gasteiger partial charge in [0.15, 0.2) is 5.82 Å². The van der Waals surface area contributed by atoms with Crippen molar-refractivity contribution in [2.24, 2.45) is 0 Å². The van der Waals surface area contributed by atoms with Crippen LogP contribution in [0.5, 0.6) is 0 Å². The Morgan fingerprint density at radius 2 is 1.92 bits per heavy atom. The Kier molecular flexibility index (Phi) is 3.07. The summed E-state index contributed by atoms with van der Waals surface area (Å²) in [7, 11) is 0. The van der Waals surface area contributed by atoms with Crippen LogP contribution in [0.25, 0.3) is 26.6 Å². The first kappa shape index (κ1) is 14.2. The molecule has 5 rings (SSSR count). The van der Waals surface area contributed by atoms with Gasteiger partial charge in [-0.2, -0.15) is 9.61 Å². The highest BCUT2D eigenvalue weighted by atomic mass is 32.1. The lowest BCUT2D eigenvalue weighted by atomic mass is 10.2. The number of rotatable bonds is 3. The minimum atomic E-state index is -0.294. The minimum absolute atomic E-state index is 0.294. The maximum atomic E-state index is 13.4. The van der Waals surface area contributed by atoms with Crippen LogP contribution in [0.4, 0.5) is 4.39 Å². The van der Waals surface area contributed by atoms with Crippen LogP contribution in [0, 0.1) is 5.82 Å². The van der Waals surface area contributed by atoms with E-state index in [-0.39, 0.29) is 5.82 Å². The van der Waals surface area contributed by atoms with E-state index in [0.717, 1.165) is 11.0 Å². The molecule has 0 bridgehead atoms. The third kappa shape index (κ3) is 2.36. The molecule has 5 aromatic rings. The van der Waals surface area contributed by atoms with Crippen LogP contribution in [-0.4, -0.2) is 34.8 Å². The number of fused-ring (bicyclic) bond motifs is 2. The lowest BCUT2D eigenvalue weighted by Gasteiger charge is -1.99. The molecular formula is C16H10FN7S. The van der Waals surface area contributed by atoms with Crippen molar-refractivity contribution in [3.8, 4) is 10.6 Å². The maximum Gasteiger partial charge on any atom is 0.235 e. The third-order valence-corrected chi connectivity index (χ3v) is 4.79. The van der Waals surface area contributed by atoms with E-state index in [0.29, 0.717) is 27.9 Å². The molecule has 0 saturated heterocycles. The van der Waals surface area contributed by atoms with Crippen LogP contribution in [0.3, 0.4) is 0 Å². The zero-order valence-electron chi connectivity index (χ0n) is 12.7. The molecule has 25 heavy (non-hydrogen) atoms. The van der Waals surface area contributed by atoms with Gasteiger partial charge in [0.1, 0.15) is 22.9 Å². The summed E-state index contributed by atoms with van der Waals surface area (Å²) in [5.41, 5.74) is 2.45. The Balaban J connectivity index is 1.56. The molecule has 3 aromatic heterocycles. The molecule has 0 N–H and O–H groups in total. The van der Waals surface area contributed by atoms with Gasteiger partial charge in [-0.25, -0.2) is 9.07 Å². The van der Waals surface area contributed by atoms with Crippen molar-refractivity contribution in [2.75, 3.05) is 0 Å². The molecule has 0 aliphatic carbocycles. The Morgan fingerprint density at radius 1 is 1.00 bits per heavy atom. The lowest BCUT2D eigenvalue weighted by Crippen LogP contribution is -2.06. The van der Waals surface area contributed by atoms with E-state index in [9.17, 15) is 4.39 Å². The molecule has 122 valence electrons. The van der Waals surface area contributed by atoms with Gasteiger partial charge < -0.3 is 0 Å². The van der Waals surface area contributed by atoms with E-state index < -0.39 is 0 Å². The first-order valence-electron chi connectivity index (χ1n) is 7.53. The quantitative estimate of drug-likeness (QED) is 0.500. The number of benzene rings is 2. The number of hydrogen-bond acceptors (Lipinski definition) is 6. The molecule has 0 fully saturated rings. The fraction of sp³-hybridized carbons (Fsp3) is 0.0625. The highest BCUT2D eigenvalue weighted by Gasteiger charge is 2.15. The molecule has 0 aliphatic heterocycles. The Labute approximate surface area is 144 Å². The summed E-state index contributed by atoms with van der Waals surface area (Å²) < 4.78 is 16.9. The second kappa shape index (κ2) is 5.42. The molecule has 3 heterocycles. The van der Waals surface area contributed by atoms with Gasteiger partial charge in [0, 0.05) is 5.56 Å². The number of para-hydroxylation sites is 1. The van der Waals surface area contributed by atoms with Crippen LogP contribution in [0.2, 0.25) is 0 Å². The number of halogens is 1. The van der Waals surface area contributed by atoms with Gasteiger partial charge in [-0.15, -0.1) is 15.3 Å². The highest BCUT2D eigenvalue weighted by molar-refractivity contribution is 7.19. The van der Waals surface area contributed by atoms with Gasteiger partial charge in [0.2, 0.25) is 4.96 Å². The molecule has 0 spiro atoms. The molecule has 9 heteroatoms. The Morgan fingerprint density at radius 3 is 2.84 bits per heavy atom. The van der Waals surface area contributed by atoms with Crippen LogP contribution in [-0.2, 0) is 6.54 Å². The van der Waals surface area contributed by atoms with Gasteiger partial charge in [0.05, 0.1) is 5.52 Å². The molecule has 7 nitrogen and oxygen atoms in total. The van der Waals surface area contributed by atoms with Crippen molar-refractivity contribution in [3.05, 3.63) is 60.2 Å². The average molecular weight is 351 g/mol. The van der Waals surface area contributed by atoms with E-state index in [1.165, 1.54) is 23.5 Å². The Bertz CT molecular complexity index is 1210. The first-order valence-corrected chi connectivity index (χ1v) is 8.35. The van der Waals surface area contributed by atoms with Crippen LogP contribution in [0.15, 0.2) is 48.5 Å². The fourth-order valence-corrected chi connectivity index (χ4v) is 3.52. The number of nitrogens with zero attached hydrogens (tertiary/aromatic N) is 7. The summed E-state index contributed by atoms with van der Waals surface area (Å²) in [5.74, 6) is 0.349. The predicted molar refractivity (Wildman–Crippen MR) is 90.7 cm³/mol. The summed E-state index contributed by atoms with van der Waals surface area (Å²) in [6.07, 6.45) is 0. The van der Waals surface area contributed by atoms with Gasteiger partial charge in [-0.3, -0.25) is 0 Å². The molecule has 0 radical (unpaired) electrons. The van der Waals surface area contributed by atoms with Gasteiger partial charge in [-0.1, -0.05) is 40.8 Å². The van der Waals surface area contributed by atoms with E-state index in [1.54, 1.807) is 15.3 Å². The number of hydrogen-bond donors (Lipinski definition) is 0. The second-order valence-electron chi connectivity index (χ2n) is 5.46. The fourth-order valence-electron chi connectivity index (χ4n) is 2.66. The Hall–Kier alpha value is -3.20. The van der Waals surface area contributed by atoms with Gasteiger partial charge in [-0.05, 0) is 24.3 Å². The average Bonchev–Trinajstić information content (AvgIpc) is 3.31. The van der Waals surface area contributed by atoms with E-state index in [2.05, 4.69) is 25.6 Å². The lowest BCUT2D eigenvalue weighted by molar-refractivity contribution is 0.627. The van der Waals surface area contributed by atoms with Gasteiger partial charge in [0.25, 0.3) is 0 Å². The normalized spacial score (nSPS) is 11.6. The molecule has 0 saturated carbocycles. The van der Waals surface area contributed by atoms with Crippen molar-refractivity contribution < 1.29 is 4.39 Å². The zero-order chi connectivity index (χ0) is 16.8. The van der Waals surface area contributed by atoms with Crippen molar-refractivity contribution in [2.45, 2.75) is 6.54 Å². The largest absolute Gasteiger partial charge is 0.237 e. The van der Waals surface area contributed by atoms with Gasteiger partial charge >= 0.3 is 0 Å². The van der Waals surface area contributed by atoms with Crippen molar-refractivity contribution in [1.29, 1.82) is 0 Å². The van der Waals surface area contributed by atoms with Crippen LogP contribution < -0.4 is 0 Å². The summed E-state index contributed by atoms with van der Waals surface area (Å²) >= 11 is 1.36. The van der Waals surface area contributed by atoms with Crippen LogP contribution in [0.1, 0.15) is 5.82 Å². The van der Waals surface area contributed by atoms with Crippen molar-refractivity contribution >= 4 is 27.3 Å². The minimum Gasteiger partial charge on any atom is -0.237 e. The molecule has 0 atom stereocenters. The number of aromatic nitrogens is 7. The van der Waals surface area contributed by atoms with Crippen molar-refractivity contribution in [1.82, 2.24) is 34.8 Å². The molecule has 0 unspecified atom stereocenters. The van der Waals surface area contributed by atoms with E-state index in [4.69, 9.17) is 0 Å². The molecular weight excluding hydrogens is 341 g/mol. The topological polar surface area (TPSA) is 73.8 Å². The SMILES string of the molecule is Fc1cccc(-c2nn3c(Cn4nnc5ccccc54)nnc3s2)c1. The monoisotopic (exact) mass is 351 g/mol. The van der Waals surface area contributed by atoms with E-state index in [1.807, 2.05) is 30.3 Å². The molecule has 0 aliphatic rings. The smallest absolute Gasteiger partial charge is 0.235 e.